The Balaban J connectivity index is 1.68. The van der Waals surface area contributed by atoms with Crippen molar-refractivity contribution in [3.63, 3.8) is 0 Å². The fourth-order valence-corrected chi connectivity index (χ4v) is 3.48. The highest BCUT2D eigenvalue weighted by Gasteiger charge is 2.37. The second-order valence-corrected chi connectivity index (χ2v) is 6.53. The summed E-state index contributed by atoms with van der Waals surface area (Å²) in [4.78, 5) is 41.7. The summed E-state index contributed by atoms with van der Waals surface area (Å²) in [6.45, 7) is 0.632. The first-order valence-corrected chi connectivity index (χ1v) is 8.43. The van der Waals surface area contributed by atoms with Crippen LogP contribution in [0.5, 0.6) is 0 Å². The lowest BCUT2D eigenvalue weighted by atomic mass is 9.76. The van der Waals surface area contributed by atoms with Crippen molar-refractivity contribution in [2.75, 3.05) is 11.9 Å². The molecule has 2 heterocycles. The molecule has 1 aromatic rings. The maximum Gasteiger partial charge on any atom is 0.313 e. The highest BCUT2D eigenvalue weighted by molar-refractivity contribution is 6.39. The molecule has 1 saturated carbocycles. The second-order valence-electron chi connectivity index (χ2n) is 6.53. The molecule has 1 atom stereocenters. The Morgan fingerprint density at radius 1 is 1.12 bits per heavy atom. The quantitative estimate of drug-likeness (QED) is 0.815. The van der Waals surface area contributed by atoms with E-state index in [2.05, 4.69) is 10.3 Å². The van der Waals surface area contributed by atoms with Crippen molar-refractivity contribution in [3.05, 3.63) is 24.0 Å². The number of hydrogen-bond donors (Lipinski definition) is 2. The van der Waals surface area contributed by atoms with Crippen molar-refractivity contribution in [3.8, 4) is 0 Å². The van der Waals surface area contributed by atoms with E-state index < -0.39 is 17.7 Å². The van der Waals surface area contributed by atoms with Gasteiger partial charge in [-0.3, -0.25) is 19.4 Å². The minimum absolute atomic E-state index is 0.181. The molecule has 1 aromatic heterocycles. The van der Waals surface area contributed by atoms with E-state index >= 15 is 0 Å². The molecule has 7 nitrogen and oxygen atoms in total. The highest BCUT2D eigenvalue weighted by Crippen LogP contribution is 2.36. The SMILES string of the molecule is NC(=O)c1cncc(NC(=O)C(=O)N2CCCCC2C2CCC2)c1. The summed E-state index contributed by atoms with van der Waals surface area (Å²) in [5.74, 6) is -1.30. The number of anilines is 1. The van der Waals surface area contributed by atoms with Crippen LogP contribution in [0.1, 0.15) is 48.9 Å². The zero-order valence-electron chi connectivity index (χ0n) is 13.5. The zero-order chi connectivity index (χ0) is 17.1. The van der Waals surface area contributed by atoms with Crippen LogP contribution in [0, 0.1) is 5.92 Å². The van der Waals surface area contributed by atoms with Gasteiger partial charge in [0, 0.05) is 18.8 Å². The van der Waals surface area contributed by atoms with Crippen LogP contribution >= 0.6 is 0 Å². The van der Waals surface area contributed by atoms with E-state index in [0.29, 0.717) is 18.2 Å². The first-order valence-electron chi connectivity index (χ1n) is 8.43. The molecule has 0 aromatic carbocycles. The van der Waals surface area contributed by atoms with Gasteiger partial charge < -0.3 is 16.0 Å². The molecule has 2 aliphatic rings. The highest BCUT2D eigenvalue weighted by atomic mass is 16.2. The van der Waals surface area contributed by atoms with Crippen molar-refractivity contribution >= 4 is 23.4 Å². The number of nitrogens with one attached hydrogen (secondary N) is 1. The van der Waals surface area contributed by atoms with Crippen LogP contribution in [-0.4, -0.2) is 40.2 Å². The van der Waals surface area contributed by atoms with Gasteiger partial charge in [0.1, 0.15) is 0 Å². The van der Waals surface area contributed by atoms with Gasteiger partial charge in [0.2, 0.25) is 5.91 Å². The molecule has 0 bridgehead atoms. The molecular formula is C17H22N4O3. The van der Waals surface area contributed by atoms with Crippen LogP contribution in [0.15, 0.2) is 18.5 Å². The van der Waals surface area contributed by atoms with Crippen molar-refractivity contribution in [2.45, 2.75) is 44.6 Å². The molecule has 3 N–H and O–H groups in total. The van der Waals surface area contributed by atoms with Gasteiger partial charge in [-0.15, -0.1) is 0 Å². The van der Waals surface area contributed by atoms with E-state index in [1.54, 1.807) is 4.90 Å². The third kappa shape index (κ3) is 3.39. The number of aromatic nitrogens is 1. The molecule has 24 heavy (non-hydrogen) atoms. The Morgan fingerprint density at radius 2 is 1.92 bits per heavy atom. The number of rotatable bonds is 3. The van der Waals surface area contributed by atoms with Gasteiger partial charge in [-0.2, -0.15) is 0 Å². The van der Waals surface area contributed by atoms with E-state index in [1.165, 1.54) is 24.9 Å². The van der Waals surface area contributed by atoms with Crippen LogP contribution in [0.25, 0.3) is 0 Å². The van der Waals surface area contributed by atoms with Crippen LogP contribution in [0.2, 0.25) is 0 Å². The number of hydrogen-bond acceptors (Lipinski definition) is 4. The fraction of sp³-hybridized carbons (Fsp3) is 0.529. The minimum atomic E-state index is -0.690. The summed E-state index contributed by atoms with van der Waals surface area (Å²) in [5, 5.41) is 2.53. The molecule has 7 heteroatoms. The van der Waals surface area contributed by atoms with E-state index in [1.807, 2.05) is 0 Å². The van der Waals surface area contributed by atoms with Gasteiger partial charge >= 0.3 is 11.8 Å². The van der Waals surface area contributed by atoms with Gasteiger partial charge in [-0.05, 0) is 44.1 Å². The Kier molecular flexibility index (Phi) is 4.78. The standard InChI is InChI=1S/C17H22N4O3/c18-15(22)12-8-13(10-19-9-12)20-16(23)17(24)21-7-2-1-6-14(21)11-4-3-5-11/h8-11,14H,1-7H2,(H2,18,22)(H,20,23). The van der Waals surface area contributed by atoms with E-state index in [9.17, 15) is 14.4 Å². The molecule has 1 aliphatic carbocycles. The second kappa shape index (κ2) is 6.98. The normalized spacial score (nSPS) is 21.0. The van der Waals surface area contributed by atoms with Gasteiger partial charge in [-0.25, -0.2) is 0 Å². The maximum atomic E-state index is 12.6. The molecule has 3 amide bonds. The maximum absolute atomic E-state index is 12.6. The predicted molar refractivity (Wildman–Crippen MR) is 88.1 cm³/mol. The van der Waals surface area contributed by atoms with Gasteiger partial charge in [0.25, 0.3) is 0 Å². The van der Waals surface area contributed by atoms with Crippen LogP contribution < -0.4 is 11.1 Å². The Morgan fingerprint density at radius 3 is 2.58 bits per heavy atom. The summed E-state index contributed by atoms with van der Waals surface area (Å²) in [6, 6.07) is 1.60. The number of piperidine rings is 1. The number of nitrogens with zero attached hydrogens (tertiary/aromatic N) is 2. The van der Waals surface area contributed by atoms with Crippen molar-refractivity contribution in [1.29, 1.82) is 0 Å². The smallest absolute Gasteiger partial charge is 0.313 e. The molecule has 1 saturated heterocycles. The van der Waals surface area contributed by atoms with Gasteiger partial charge in [0.15, 0.2) is 0 Å². The predicted octanol–water partition coefficient (Wildman–Crippen LogP) is 1.30. The molecule has 1 unspecified atom stereocenters. The largest absolute Gasteiger partial charge is 0.366 e. The lowest BCUT2D eigenvalue weighted by molar-refractivity contribution is -0.147. The first-order chi connectivity index (χ1) is 11.6. The van der Waals surface area contributed by atoms with Gasteiger partial charge in [0.05, 0.1) is 17.4 Å². The fourth-order valence-electron chi connectivity index (χ4n) is 3.48. The summed E-state index contributed by atoms with van der Waals surface area (Å²) in [6.07, 6.45) is 9.21. The van der Waals surface area contributed by atoms with E-state index in [0.717, 1.165) is 32.1 Å². The number of likely N-dealkylation sites (tertiary alicyclic amines) is 1. The Bertz CT molecular complexity index is 657. The minimum Gasteiger partial charge on any atom is -0.366 e. The van der Waals surface area contributed by atoms with Crippen LogP contribution in [0.3, 0.4) is 0 Å². The lowest BCUT2D eigenvalue weighted by Gasteiger charge is -2.43. The van der Waals surface area contributed by atoms with Crippen molar-refractivity contribution in [2.24, 2.45) is 11.7 Å². The number of pyridine rings is 1. The van der Waals surface area contributed by atoms with Crippen molar-refractivity contribution in [1.82, 2.24) is 9.88 Å². The number of primary amides is 1. The summed E-state index contributed by atoms with van der Waals surface area (Å²) in [7, 11) is 0. The third-order valence-corrected chi connectivity index (χ3v) is 4.98. The lowest BCUT2D eigenvalue weighted by Crippen LogP contribution is -2.52. The first kappa shape index (κ1) is 16.4. The summed E-state index contributed by atoms with van der Waals surface area (Å²) >= 11 is 0. The monoisotopic (exact) mass is 330 g/mol. The number of amides is 3. The average Bonchev–Trinajstić information content (AvgIpc) is 2.53. The molecule has 0 spiro atoms. The number of carbonyl (C=O) groups excluding carboxylic acids is 3. The topological polar surface area (TPSA) is 105 Å². The van der Waals surface area contributed by atoms with E-state index in [-0.39, 0.29) is 11.6 Å². The average molecular weight is 330 g/mol. The Hall–Kier alpha value is -2.44. The molecule has 128 valence electrons. The molecule has 3 rings (SSSR count). The van der Waals surface area contributed by atoms with Crippen molar-refractivity contribution < 1.29 is 14.4 Å². The molecule has 2 fully saturated rings. The van der Waals surface area contributed by atoms with E-state index in [4.69, 9.17) is 5.73 Å². The number of carbonyl (C=O) groups is 3. The molecule has 0 radical (unpaired) electrons. The number of nitrogens with two attached hydrogens (primary N) is 1. The summed E-state index contributed by atoms with van der Waals surface area (Å²) < 4.78 is 0. The third-order valence-electron chi connectivity index (χ3n) is 4.98. The molecule has 1 aliphatic heterocycles. The summed E-state index contributed by atoms with van der Waals surface area (Å²) in [5.41, 5.74) is 5.68. The molecular weight excluding hydrogens is 308 g/mol. The Labute approximate surface area is 140 Å². The van der Waals surface area contributed by atoms with Gasteiger partial charge in [-0.1, -0.05) is 6.42 Å². The van der Waals surface area contributed by atoms with Crippen LogP contribution in [-0.2, 0) is 9.59 Å². The zero-order valence-corrected chi connectivity index (χ0v) is 13.5. The van der Waals surface area contributed by atoms with Crippen LogP contribution in [0.4, 0.5) is 5.69 Å².